The molecule has 3 rings (SSSR count). The fraction of sp³-hybridized carbons (Fsp3) is 0.938. The highest BCUT2D eigenvalue weighted by molar-refractivity contribution is 7.86. The van der Waals surface area contributed by atoms with Crippen molar-refractivity contribution in [1.29, 1.82) is 0 Å². The largest absolute Gasteiger partial charge is 0.341 e. The molecule has 0 bridgehead atoms. The third-order valence-corrected chi connectivity index (χ3v) is 7.48. The molecule has 3 aliphatic rings. The molecule has 0 aliphatic carbocycles. The number of hydrogen-bond donors (Lipinski definition) is 1. The van der Waals surface area contributed by atoms with Crippen LogP contribution in [-0.2, 0) is 15.0 Å². The molecule has 8 heteroatoms. The molecule has 24 heavy (non-hydrogen) atoms. The Hall–Kier alpha value is -0.700. The highest BCUT2D eigenvalue weighted by Gasteiger charge is 2.33. The van der Waals surface area contributed by atoms with Crippen LogP contribution in [-0.4, -0.2) is 80.2 Å². The van der Waals surface area contributed by atoms with Crippen LogP contribution in [0.4, 0.5) is 0 Å². The van der Waals surface area contributed by atoms with Gasteiger partial charge in [0.05, 0.1) is 0 Å². The van der Waals surface area contributed by atoms with Gasteiger partial charge in [0.25, 0.3) is 10.2 Å². The summed E-state index contributed by atoms with van der Waals surface area (Å²) in [6.45, 7) is 5.42. The second kappa shape index (κ2) is 8.12. The molecule has 0 aromatic rings. The maximum Gasteiger partial charge on any atom is 0.282 e. The minimum Gasteiger partial charge on any atom is -0.341 e. The predicted octanol–water partition coefficient (Wildman–Crippen LogP) is 0.251. The smallest absolute Gasteiger partial charge is 0.282 e. The fourth-order valence-electron chi connectivity index (χ4n) is 3.92. The SMILES string of the molecule is O=C(CC1CCNCC1)N1CCCN(S(=O)(=O)N2CCCC2)CC1. The maximum absolute atomic E-state index is 12.7. The molecule has 7 nitrogen and oxygen atoms in total. The van der Waals surface area contributed by atoms with E-state index >= 15 is 0 Å². The van der Waals surface area contributed by atoms with E-state index in [2.05, 4.69) is 5.32 Å². The molecule has 1 amide bonds. The van der Waals surface area contributed by atoms with E-state index in [1.807, 2.05) is 4.90 Å². The zero-order valence-electron chi connectivity index (χ0n) is 14.5. The number of carbonyl (C=O) groups excluding carboxylic acids is 1. The van der Waals surface area contributed by atoms with Gasteiger partial charge in [-0.2, -0.15) is 17.0 Å². The van der Waals surface area contributed by atoms with Gasteiger partial charge < -0.3 is 10.2 Å². The summed E-state index contributed by atoms with van der Waals surface area (Å²) in [7, 11) is -3.34. The summed E-state index contributed by atoms with van der Waals surface area (Å²) >= 11 is 0. The van der Waals surface area contributed by atoms with E-state index in [0.717, 1.165) is 45.2 Å². The maximum atomic E-state index is 12.7. The van der Waals surface area contributed by atoms with Gasteiger partial charge in [0.2, 0.25) is 5.91 Å². The van der Waals surface area contributed by atoms with Crippen LogP contribution in [0.3, 0.4) is 0 Å². The average Bonchev–Trinajstić information content (AvgIpc) is 3.00. The minimum absolute atomic E-state index is 0.197. The Bertz CT molecular complexity index is 527. The second-order valence-electron chi connectivity index (χ2n) is 7.14. The molecule has 0 unspecified atom stereocenters. The van der Waals surface area contributed by atoms with Gasteiger partial charge in [-0.15, -0.1) is 0 Å². The van der Waals surface area contributed by atoms with Crippen LogP contribution in [0, 0.1) is 5.92 Å². The average molecular weight is 359 g/mol. The molecule has 3 fully saturated rings. The van der Waals surface area contributed by atoms with Crippen LogP contribution in [0.2, 0.25) is 0 Å². The molecule has 3 aliphatic heterocycles. The zero-order chi connectivity index (χ0) is 17.0. The number of piperidine rings is 1. The number of nitrogens with one attached hydrogen (secondary N) is 1. The van der Waals surface area contributed by atoms with Crippen molar-refractivity contribution in [2.75, 3.05) is 52.4 Å². The van der Waals surface area contributed by atoms with Crippen molar-refractivity contribution in [3.05, 3.63) is 0 Å². The first-order valence-electron chi connectivity index (χ1n) is 9.31. The molecular formula is C16H30N4O3S. The molecular weight excluding hydrogens is 328 g/mol. The topological polar surface area (TPSA) is 73.0 Å². The van der Waals surface area contributed by atoms with Crippen molar-refractivity contribution >= 4 is 16.1 Å². The minimum atomic E-state index is -3.34. The normalized spacial score (nSPS) is 25.8. The predicted molar refractivity (Wildman–Crippen MR) is 92.7 cm³/mol. The van der Waals surface area contributed by atoms with Gasteiger partial charge in [-0.1, -0.05) is 0 Å². The number of amides is 1. The lowest BCUT2D eigenvalue weighted by atomic mass is 9.94. The Morgan fingerprint density at radius 2 is 1.50 bits per heavy atom. The quantitative estimate of drug-likeness (QED) is 0.782. The van der Waals surface area contributed by atoms with E-state index in [0.29, 0.717) is 51.6 Å². The van der Waals surface area contributed by atoms with Crippen LogP contribution in [0.15, 0.2) is 0 Å². The third-order valence-electron chi connectivity index (χ3n) is 5.45. The van der Waals surface area contributed by atoms with Crippen molar-refractivity contribution in [3.63, 3.8) is 0 Å². The van der Waals surface area contributed by atoms with E-state index in [9.17, 15) is 13.2 Å². The number of rotatable bonds is 4. The number of carbonyl (C=O) groups is 1. The Morgan fingerprint density at radius 3 is 2.21 bits per heavy atom. The Morgan fingerprint density at radius 1 is 0.875 bits per heavy atom. The molecule has 0 radical (unpaired) electrons. The van der Waals surface area contributed by atoms with Gasteiger partial charge in [-0.05, 0) is 51.1 Å². The molecule has 0 atom stereocenters. The molecule has 3 saturated heterocycles. The highest BCUT2D eigenvalue weighted by Crippen LogP contribution is 2.20. The second-order valence-corrected chi connectivity index (χ2v) is 9.07. The summed E-state index contributed by atoms with van der Waals surface area (Å²) < 4.78 is 28.5. The van der Waals surface area contributed by atoms with E-state index in [-0.39, 0.29) is 5.91 Å². The van der Waals surface area contributed by atoms with Crippen molar-refractivity contribution in [2.45, 2.75) is 38.5 Å². The standard InChI is InChI=1S/C16H30N4O3S/c21-16(14-15-4-6-17-7-5-15)18-8-3-11-20(13-12-18)24(22,23)19-9-1-2-10-19/h15,17H,1-14H2. The molecule has 3 heterocycles. The van der Waals surface area contributed by atoms with E-state index in [1.165, 1.54) is 0 Å². The van der Waals surface area contributed by atoms with Crippen LogP contribution < -0.4 is 5.32 Å². The number of hydrogen-bond acceptors (Lipinski definition) is 4. The van der Waals surface area contributed by atoms with Gasteiger partial charge in [0, 0.05) is 45.7 Å². The van der Waals surface area contributed by atoms with Gasteiger partial charge in [-0.25, -0.2) is 0 Å². The Kier molecular flexibility index (Phi) is 6.12. The molecule has 0 aromatic heterocycles. The van der Waals surface area contributed by atoms with Gasteiger partial charge in [-0.3, -0.25) is 4.79 Å². The Labute approximate surface area is 145 Å². The monoisotopic (exact) mass is 358 g/mol. The first-order chi connectivity index (χ1) is 11.6. The fourth-order valence-corrected chi connectivity index (χ4v) is 5.64. The van der Waals surface area contributed by atoms with Crippen LogP contribution >= 0.6 is 0 Å². The van der Waals surface area contributed by atoms with E-state index in [1.54, 1.807) is 8.61 Å². The lowest BCUT2D eigenvalue weighted by molar-refractivity contribution is -0.132. The highest BCUT2D eigenvalue weighted by atomic mass is 32.2. The molecule has 0 spiro atoms. The molecule has 138 valence electrons. The lowest BCUT2D eigenvalue weighted by Crippen LogP contribution is -2.44. The summed E-state index contributed by atoms with van der Waals surface area (Å²) in [5.41, 5.74) is 0. The zero-order valence-corrected chi connectivity index (χ0v) is 15.3. The third kappa shape index (κ3) is 4.28. The molecule has 0 saturated carbocycles. The Balaban J connectivity index is 1.53. The lowest BCUT2D eigenvalue weighted by Gasteiger charge is -2.27. The first-order valence-corrected chi connectivity index (χ1v) is 10.7. The van der Waals surface area contributed by atoms with Gasteiger partial charge >= 0.3 is 0 Å². The van der Waals surface area contributed by atoms with Crippen molar-refractivity contribution < 1.29 is 13.2 Å². The van der Waals surface area contributed by atoms with E-state index < -0.39 is 10.2 Å². The summed E-state index contributed by atoms with van der Waals surface area (Å²) in [5, 5.41) is 3.32. The van der Waals surface area contributed by atoms with Crippen molar-refractivity contribution in [3.8, 4) is 0 Å². The summed E-state index contributed by atoms with van der Waals surface area (Å²) in [4.78, 5) is 14.4. The molecule has 0 aromatic carbocycles. The van der Waals surface area contributed by atoms with Crippen molar-refractivity contribution in [1.82, 2.24) is 18.8 Å². The first kappa shape index (κ1) is 18.1. The summed E-state index contributed by atoms with van der Waals surface area (Å²) in [6.07, 6.45) is 5.37. The summed E-state index contributed by atoms with van der Waals surface area (Å²) in [5.74, 6) is 0.675. The van der Waals surface area contributed by atoms with Crippen molar-refractivity contribution in [2.24, 2.45) is 5.92 Å². The van der Waals surface area contributed by atoms with Crippen LogP contribution in [0.25, 0.3) is 0 Å². The van der Waals surface area contributed by atoms with Gasteiger partial charge in [0.15, 0.2) is 0 Å². The van der Waals surface area contributed by atoms with E-state index in [4.69, 9.17) is 0 Å². The van der Waals surface area contributed by atoms with Crippen LogP contribution in [0.5, 0.6) is 0 Å². The summed E-state index contributed by atoms with van der Waals surface area (Å²) in [6, 6.07) is 0. The van der Waals surface area contributed by atoms with Crippen LogP contribution in [0.1, 0.15) is 38.5 Å². The van der Waals surface area contributed by atoms with Gasteiger partial charge in [0.1, 0.15) is 0 Å². The number of nitrogens with zero attached hydrogens (tertiary/aromatic N) is 3. The molecule has 1 N–H and O–H groups in total.